The lowest BCUT2D eigenvalue weighted by molar-refractivity contribution is 0.821. The number of aromatic amines is 1. The normalized spacial score (nSPS) is 10.6. The Kier molecular flexibility index (Phi) is 2.76. The van der Waals surface area contributed by atoms with Crippen molar-refractivity contribution in [2.45, 2.75) is 6.92 Å². The topological polar surface area (TPSA) is 50.7 Å². The standard InChI is InChI=1S/C15H13N3O/c1-11-5-4-6-12(9-11)13-10-15(19)18(17-13)14-7-2-3-8-16-14/h2-10,17H,1H3. The van der Waals surface area contributed by atoms with Crippen LogP contribution in [-0.4, -0.2) is 14.8 Å². The van der Waals surface area contributed by atoms with Gasteiger partial charge < -0.3 is 0 Å². The molecule has 19 heavy (non-hydrogen) atoms. The van der Waals surface area contributed by atoms with Crippen LogP contribution in [0.2, 0.25) is 0 Å². The SMILES string of the molecule is Cc1cccc(-c2cc(=O)n(-c3ccccn3)[nH]2)c1. The molecule has 0 fully saturated rings. The number of pyridine rings is 1. The van der Waals surface area contributed by atoms with Crippen molar-refractivity contribution in [1.82, 2.24) is 14.8 Å². The van der Waals surface area contributed by atoms with E-state index in [1.54, 1.807) is 18.3 Å². The summed E-state index contributed by atoms with van der Waals surface area (Å²) in [5.41, 5.74) is 2.82. The van der Waals surface area contributed by atoms with Gasteiger partial charge in [0.15, 0.2) is 5.82 Å². The number of H-pyrrole nitrogens is 1. The predicted octanol–water partition coefficient (Wildman–Crippen LogP) is 2.54. The highest BCUT2D eigenvalue weighted by Gasteiger charge is 2.07. The van der Waals surface area contributed by atoms with Crippen LogP contribution in [0.3, 0.4) is 0 Å². The average molecular weight is 251 g/mol. The number of hydrogen-bond acceptors (Lipinski definition) is 2. The summed E-state index contributed by atoms with van der Waals surface area (Å²) in [5, 5.41) is 3.08. The van der Waals surface area contributed by atoms with E-state index in [0.29, 0.717) is 5.82 Å². The average Bonchev–Trinajstić information content (AvgIpc) is 2.82. The molecule has 0 spiro atoms. The van der Waals surface area contributed by atoms with Gasteiger partial charge in [0.1, 0.15) is 0 Å². The van der Waals surface area contributed by atoms with Gasteiger partial charge >= 0.3 is 0 Å². The zero-order chi connectivity index (χ0) is 13.2. The second-order valence-corrected chi connectivity index (χ2v) is 4.40. The molecule has 4 nitrogen and oxygen atoms in total. The van der Waals surface area contributed by atoms with Gasteiger partial charge in [0, 0.05) is 12.3 Å². The van der Waals surface area contributed by atoms with Gasteiger partial charge in [-0.2, -0.15) is 0 Å². The number of benzene rings is 1. The fourth-order valence-corrected chi connectivity index (χ4v) is 2.01. The molecule has 0 atom stereocenters. The van der Waals surface area contributed by atoms with Crippen LogP contribution >= 0.6 is 0 Å². The van der Waals surface area contributed by atoms with E-state index in [4.69, 9.17) is 0 Å². The number of nitrogens with zero attached hydrogens (tertiary/aromatic N) is 2. The lowest BCUT2D eigenvalue weighted by Crippen LogP contribution is -2.14. The molecule has 0 amide bonds. The van der Waals surface area contributed by atoms with Crippen molar-refractivity contribution in [1.29, 1.82) is 0 Å². The van der Waals surface area contributed by atoms with Gasteiger partial charge in [-0.1, -0.05) is 29.8 Å². The first kappa shape index (κ1) is 11.5. The van der Waals surface area contributed by atoms with Crippen LogP contribution in [0, 0.1) is 6.92 Å². The Morgan fingerprint density at radius 3 is 2.74 bits per heavy atom. The summed E-state index contributed by atoms with van der Waals surface area (Å²) in [6.45, 7) is 2.03. The van der Waals surface area contributed by atoms with Gasteiger partial charge in [-0.15, -0.1) is 0 Å². The molecular formula is C15H13N3O. The van der Waals surface area contributed by atoms with Gasteiger partial charge in [-0.05, 0) is 30.7 Å². The quantitative estimate of drug-likeness (QED) is 0.761. The fourth-order valence-electron chi connectivity index (χ4n) is 2.01. The second-order valence-electron chi connectivity index (χ2n) is 4.40. The van der Waals surface area contributed by atoms with E-state index in [0.717, 1.165) is 16.8 Å². The molecule has 3 aromatic rings. The molecule has 4 heteroatoms. The van der Waals surface area contributed by atoms with Crippen molar-refractivity contribution in [3.63, 3.8) is 0 Å². The second kappa shape index (κ2) is 4.57. The minimum atomic E-state index is -0.116. The zero-order valence-electron chi connectivity index (χ0n) is 10.5. The van der Waals surface area contributed by atoms with Gasteiger partial charge in [-0.25, -0.2) is 9.67 Å². The molecule has 2 heterocycles. The van der Waals surface area contributed by atoms with E-state index in [9.17, 15) is 4.79 Å². The highest BCUT2D eigenvalue weighted by atomic mass is 16.1. The van der Waals surface area contributed by atoms with E-state index in [-0.39, 0.29) is 5.56 Å². The first-order valence-electron chi connectivity index (χ1n) is 6.04. The van der Waals surface area contributed by atoms with Gasteiger partial charge in [0.25, 0.3) is 5.56 Å². The molecule has 0 bridgehead atoms. The fraction of sp³-hybridized carbons (Fsp3) is 0.0667. The highest BCUT2D eigenvalue weighted by Crippen LogP contribution is 2.17. The van der Waals surface area contributed by atoms with E-state index < -0.39 is 0 Å². The Labute approximate surface area is 110 Å². The molecule has 0 aliphatic heterocycles. The monoisotopic (exact) mass is 251 g/mol. The number of aryl methyl sites for hydroxylation is 1. The molecule has 3 rings (SSSR count). The third kappa shape index (κ3) is 2.20. The molecule has 0 saturated carbocycles. The van der Waals surface area contributed by atoms with Crippen LogP contribution in [0.1, 0.15) is 5.56 Å². The van der Waals surface area contributed by atoms with E-state index in [2.05, 4.69) is 10.1 Å². The maximum atomic E-state index is 12.0. The van der Waals surface area contributed by atoms with E-state index >= 15 is 0 Å². The van der Waals surface area contributed by atoms with Crippen molar-refractivity contribution < 1.29 is 0 Å². The van der Waals surface area contributed by atoms with Crippen molar-refractivity contribution in [3.8, 4) is 17.1 Å². The minimum Gasteiger partial charge on any atom is -0.289 e. The third-order valence-corrected chi connectivity index (χ3v) is 2.93. The van der Waals surface area contributed by atoms with Crippen molar-refractivity contribution >= 4 is 0 Å². The lowest BCUT2D eigenvalue weighted by Gasteiger charge is -2.01. The number of nitrogens with one attached hydrogen (secondary N) is 1. The Bertz CT molecular complexity index is 756. The molecule has 1 N–H and O–H groups in total. The zero-order valence-corrected chi connectivity index (χ0v) is 10.5. The Balaban J connectivity index is 2.10. The highest BCUT2D eigenvalue weighted by molar-refractivity contribution is 5.59. The minimum absolute atomic E-state index is 0.116. The number of hydrogen-bond donors (Lipinski definition) is 1. The molecular weight excluding hydrogens is 238 g/mol. The van der Waals surface area contributed by atoms with Crippen molar-refractivity contribution in [2.24, 2.45) is 0 Å². The van der Waals surface area contributed by atoms with Crippen LogP contribution < -0.4 is 5.56 Å². The molecule has 1 aromatic carbocycles. The molecule has 0 unspecified atom stereocenters. The molecule has 2 aromatic heterocycles. The summed E-state index contributed by atoms with van der Waals surface area (Å²) < 4.78 is 1.44. The molecule has 0 saturated heterocycles. The van der Waals surface area contributed by atoms with E-state index in [1.165, 1.54) is 4.68 Å². The number of rotatable bonds is 2. The molecule has 0 radical (unpaired) electrons. The van der Waals surface area contributed by atoms with Crippen LogP contribution in [0.5, 0.6) is 0 Å². The van der Waals surface area contributed by atoms with Crippen LogP contribution in [0.25, 0.3) is 17.1 Å². The summed E-state index contributed by atoms with van der Waals surface area (Å²) in [7, 11) is 0. The lowest BCUT2D eigenvalue weighted by atomic mass is 10.1. The predicted molar refractivity (Wildman–Crippen MR) is 74.4 cm³/mol. The molecule has 0 aliphatic rings. The van der Waals surface area contributed by atoms with Crippen LogP contribution in [0.15, 0.2) is 59.5 Å². The Morgan fingerprint density at radius 2 is 2.00 bits per heavy atom. The maximum absolute atomic E-state index is 12.0. The van der Waals surface area contributed by atoms with E-state index in [1.807, 2.05) is 43.3 Å². The summed E-state index contributed by atoms with van der Waals surface area (Å²) in [4.78, 5) is 16.2. The summed E-state index contributed by atoms with van der Waals surface area (Å²) >= 11 is 0. The van der Waals surface area contributed by atoms with Gasteiger partial charge in [0.2, 0.25) is 0 Å². The number of aromatic nitrogens is 3. The van der Waals surface area contributed by atoms with Crippen LogP contribution in [-0.2, 0) is 0 Å². The van der Waals surface area contributed by atoms with Gasteiger partial charge in [-0.3, -0.25) is 9.89 Å². The third-order valence-electron chi connectivity index (χ3n) is 2.93. The summed E-state index contributed by atoms with van der Waals surface area (Å²) in [6, 6.07) is 15.1. The van der Waals surface area contributed by atoms with Crippen LogP contribution in [0.4, 0.5) is 0 Å². The molecule has 0 aliphatic carbocycles. The summed E-state index contributed by atoms with van der Waals surface area (Å²) in [6.07, 6.45) is 1.66. The van der Waals surface area contributed by atoms with Crippen molar-refractivity contribution in [3.05, 3.63) is 70.6 Å². The Morgan fingerprint density at radius 1 is 1.11 bits per heavy atom. The first-order chi connectivity index (χ1) is 9.24. The largest absolute Gasteiger partial charge is 0.289 e. The molecule has 94 valence electrons. The summed E-state index contributed by atoms with van der Waals surface area (Å²) in [5.74, 6) is 0.589. The van der Waals surface area contributed by atoms with Crippen molar-refractivity contribution in [2.75, 3.05) is 0 Å². The van der Waals surface area contributed by atoms with Gasteiger partial charge in [0.05, 0.1) is 5.69 Å². The maximum Gasteiger partial charge on any atom is 0.273 e. The first-order valence-corrected chi connectivity index (χ1v) is 6.04. The Hall–Kier alpha value is -2.62. The smallest absolute Gasteiger partial charge is 0.273 e.